The van der Waals surface area contributed by atoms with Crippen molar-refractivity contribution in [2.24, 2.45) is 0 Å². The van der Waals surface area contributed by atoms with Crippen LogP contribution in [0.1, 0.15) is 0 Å². The maximum Gasteiger partial charge on any atom is 0.123 e. The van der Waals surface area contributed by atoms with E-state index in [4.69, 9.17) is 5.73 Å². The van der Waals surface area contributed by atoms with Crippen LogP contribution in [0.4, 0.5) is 15.8 Å². The minimum absolute atomic E-state index is 0.233. The molecule has 2 aromatic rings. The number of nitrogen functional groups attached to an aromatic ring is 1. The highest BCUT2D eigenvalue weighted by molar-refractivity contribution is 5.75. The molecule has 82 valence electrons. The van der Waals surface area contributed by atoms with Gasteiger partial charge in [-0.05, 0) is 35.4 Å². The fourth-order valence-corrected chi connectivity index (χ4v) is 1.61. The van der Waals surface area contributed by atoms with E-state index in [1.165, 1.54) is 12.1 Å². The summed E-state index contributed by atoms with van der Waals surface area (Å²) in [5.74, 6) is -0.233. The lowest BCUT2D eigenvalue weighted by Crippen LogP contribution is -1.95. The number of benzene rings is 2. The van der Waals surface area contributed by atoms with Crippen LogP contribution < -0.4 is 11.1 Å². The van der Waals surface area contributed by atoms with Crippen molar-refractivity contribution < 1.29 is 4.39 Å². The summed E-state index contributed by atoms with van der Waals surface area (Å²) in [7, 11) is 1.82. The Morgan fingerprint density at radius 1 is 1.00 bits per heavy atom. The number of nitrogens with two attached hydrogens (primary N) is 1. The average molecular weight is 216 g/mol. The second-order valence-electron chi connectivity index (χ2n) is 3.56. The molecule has 2 nitrogen and oxygen atoms in total. The predicted molar refractivity (Wildman–Crippen MR) is 65.8 cm³/mol. The Balaban J connectivity index is 2.41. The quantitative estimate of drug-likeness (QED) is 0.757. The van der Waals surface area contributed by atoms with E-state index in [1.54, 1.807) is 12.1 Å². The lowest BCUT2D eigenvalue weighted by molar-refractivity contribution is 0.628. The van der Waals surface area contributed by atoms with Gasteiger partial charge in [0, 0.05) is 7.05 Å². The maximum atomic E-state index is 12.8. The van der Waals surface area contributed by atoms with Gasteiger partial charge < -0.3 is 11.1 Å². The van der Waals surface area contributed by atoms with Gasteiger partial charge in [-0.3, -0.25) is 0 Å². The lowest BCUT2D eigenvalue weighted by atomic mass is 10.0. The third kappa shape index (κ3) is 1.98. The first-order valence-corrected chi connectivity index (χ1v) is 5.04. The molecule has 0 saturated carbocycles. The minimum atomic E-state index is -0.233. The Morgan fingerprint density at radius 3 is 2.19 bits per heavy atom. The molecule has 2 aromatic carbocycles. The zero-order chi connectivity index (χ0) is 11.5. The van der Waals surface area contributed by atoms with Crippen LogP contribution in [0, 0.1) is 5.82 Å². The van der Waals surface area contributed by atoms with Gasteiger partial charge in [0.1, 0.15) is 5.82 Å². The molecule has 16 heavy (non-hydrogen) atoms. The molecule has 0 atom stereocenters. The molecule has 0 aliphatic carbocycles. The van der Waals surface area contributed by atoms with Crippen LogP contribution in [-0.4, -0.2) is 7.05 Å². The van der Waals surface area contributed by atoms with E-state index in [0.29, 0.717) is 5.69 Å². The molecule has 3 N–H and O–H groups in total. The van der Waals surface area contributed by atoms with Gasteiger partial charge in [0.25, 0.3) is 0 Å². The van der Waals surface area contributed by atoms with Crippen LogP contribution in [0.15, 0.2) is 42.5 Å². The Labute approximate surface area is 93.9 Å². The smallest absolute Gasteiger partial charge is 0.123 e. The van der Waals surface area contributed by atoms with Crippen LogP contribution in [0.5, 0.6) is 0 Å². The summed E-state index contributed by atoms with van der Waals surface area (Å²) >= 11 is 0. The summed E-state index contributed by atoms with van der Waals surface area (Å²) in [6, 6.07) is 12.1. The zero-order valence-electron chi connectivity index (χ0n) is 9.00. The van der Waals surface area contributed by atoms with Crippen LogP contribution in [0.25, 0.3) is 11.1 Å². The minimum Gasteiger partial charge on any atom is -0.397 e. The Bertz CT molecular complexity index is 492. The highest BCUT2D eigenvalue weighted by Gasteiger charge is 2.01. The van der Waals surface area contributed by atoms with Crippen molar-refractivity contribution in [3.63, 3.8) is 0 Å². The number of rotatable bonds is 2. The van der Waals surface area contributed by atoms with Crippen LogP contribution >= 0.6 is 0 Å². The number of hydrogen-bond acceptors (Lipinski definition) is 2. The van der Waals surface area contributed by atoms with E-state index in [2.05, 4.69) is 5.32 Å². The SMILES string of the molecule is CNc1ccc(-c2ccc(F)cc2)cc1N. The van der Waals surface area contributed by atoms with Crippen molar-refractivity contribution >= 4 is 11.4 Å². The maximum absolute atomic E-state index is 12.8. The molecule has 0 aromatic heterocycles. The van der Waals surface area contributed by atoms with Gasteiger partial charge in [0.15, 0.2) is 0 Å². The third-order valence-electron chi connectivity index (χ3n) is 2.50. The molecule has 3 heteroatoms. The van der Waals surface area contributed by atoms with Gasteiger partial charge in [-0.2, -0.15) is 0 Å². The largest absolute Gasteiger partial charge is 0.397 e. The monoisotopic (exact) mass is 216 g/mol. The van der Waals surface area contributed by atoms with E-state index >= 15 is 0 Å². The van der Waals surface area contributed by atoms with Crippen LogP contribution in [0.3, 0.4) is 0 Å². The summed E-state index contributed by atoms with van der Waals surface area (Å²) in [6.07, 6.45) is 0. The number of anilines is 2. The molecule has 0 radical (unpaired) electrons. The predicted octanol–water partition coefficient (Wildman–Crippen LogP) is 3.12. The normalized spacial score (nSPS) is 10.1. The van der Waals surface area contributed by atoms with E-state index in [0.717, 1.165) is 16.8 Å². The molecule has 0 saturated heterocycles. The number of nitrogens with one attached hydrogen (secondary N) is 1. The fourth-order valence-electron chi connectivity index (χ4n) is 1.61. The molecule has 0 amide bonds. The number of hydrogen-bond donors (Lipinski definition) is 2. The summed E-state index contributed by atoms with van der Waals surface area (Å²) < 4.78 is 12.8. The number of halogens is 1. The second-order valence-corrected chi connectivity index (χ2v) is 3.56. The summed E-state index contributed by atoms with van der Waals surface area (Å²) in [5.41, 5.74) is 9.38. The molecule has 0 aliphatic heterocycles. The Hall–Kier alpha value is -2.03. The first-order chi connectivity index (χ1) is 7.70. The molecule has 2 rings (SSSR count). The van der Waals surface area contributed by atoms with Crippen molar-refractivity contribution in [3.8, 4) is 11.1 Å². The van der Waals surface area contributed by atoms with Crippen LogP contribution in [0.2, 0.25) is 0 Å². The van der Waals surface area contributed by atoms with Gasteiger partial charge in [0.2, 0.25) is 0 Å². The summed E-state index contributed by atoms with van der Waals surface area (Å²) in [4.78, 5) is 0. The molecule has 0 unspecified atom stereocenters. The molecule has 0 bridgehead atoms. The highest BCUT2D eigenvalue weighted by Crippen LogP contribution is 2.26. The highest BCUT2D eigenvalue weighted by atomic mass is 19.1. The van der Waals surface area contributed by atoms with E-state index in [-0.39, 0.29) is 5.82 Å². The van der Waals surface area contributed by atoms with Crippen molar-refractivity contribution in [2.75, 3.05) is 18.1 Å². The molecule has 0 fully saturated rings. The van der Waals surface area contributed by atoms with Gasteiger partial charge in [-0.25, -0.2) is 4.39 Å². The van der Waals surface area contributed by atoms with E-state index in [9.17, 15) is 4.39 Å². The topological polar surface area (TPSA) is 38.0 Å². The van der Waals surface area contributed by atoms with Gasteiger partial charge in [-0.1, -0.05) is 18.2 Å². The average Bonchev–Trinajstić information content (AvgIpc) is 2.30. The Kier molecular flexibility index (Phi) is 2.77. The van der Waals surface area contributed by atoms with Crippen molar-refractivity contribution in [2.45, 2.75) is 0 Å². The lowest BCUT2D eigenvalue weighted by Gasteiger charge is -2.07. The molecule has 0 aliphatic rings. The van der Waals surface area contributed by atoms with Gasteiger partial charge >= 0.3 is 0 Å². The van der Waals surface area contributed by atoms with Gasteiger partial charge in [0.05, 0.1) is 11.4 Å². The molecule has 0 spiro atoms. The van der Waals surface area contributed by atoms with Crippen molar-refractivity contribution in [1.29, 1.82) is 0 Å². The molecule has 0 heterocycles. The standard InChI is InChI=1S/C13H13FN2/c1-16-13-7-4-10(8-12(13)15)9-2-5-11(14)6-3-9/h2-8,16H,15H2,1H3. The zero-order valence-corrected chi connectivity index (χ0v) is 9.00. The second kappa shape index (κ2) is 4.23. The molecular formula is C13H13FN2. The Morgan fingerprint density at radius 2 is 1.62 bits per heavy atom. The van der Waals surface area contributed by atoms with E-state index < -0.39 is 0 Å². The van der Waals surface area contributed by atoms with Crippen LogP contribution in [-0.2, 0) is 0 Å². The van der Waals surface area contributed by atoms with E-state index in [1.807, 2.05) is 25.2 Å². The van der Waals surface area contributed by atoms with Crippen molar-refractivity contribution in [3.05, 3.63) is 48.3 Å². The molecular weight excluding hydrogens is 203 g/mol. The summed E-state index contributed by atoms with van der Waals surface area (Å²) in [6.45, 7) is 0. The van der Waals surface area contributed by atoms with Crippen molar-refractivity contribution in [1.82, 2.24) is 0 Å². The first-order valence-electron chi connectivity index (χ1n) is 5.04. The van der Waals surface area contributed by atoms with Gasteiger partial charge in [-0.15, -0.1) is 0 Å². The fraction of sp³-hybridized carbons (Fsp3) is 0.0769. The summed E-state index contributed by atoms with van der Waals surface area (Å²) in [5, 5.41) is 3.00. The third-order valence-corrected chi connectivity index (χ3v) is 2.50. The first kappa shape index (κ1) is 10.5.